The number of rotatable bonds is 2. The topological polar surface area (TPSA) is 47.5 Å². The van der Waals surface area contributed by atoms with E-state index in [9.17, 15) is 0 Å². The largest absolute Gasteiger partial charge is 0.490 e. The number of hydrogen-bond acceptors (Lipinski definition) is 6. The average molecular weight is 353 g/mol. The van der Waals surface area contributed by atoms with E-state index in [1.807, 2.05) is 6.07 Å². The van der Waals surface area contributed by atoms with Gasteiger partial charge in [0.05, 0.1) is 29.5 Å². The van der Waals surface area contributed by atoms with E-state index in [0.29, 0.717) is 12.6 Å². The van der Waals surface area contributed by atoms with Crippen LogP contribution < -0.4 is 14.4 Å². The van der Waals surface area contributed by atoms with Gasteiger partial charge in [-0.1, -0.05) is 6.07 Å². The van der Waals surface area contributed by atoms with Crippen molar-refractivity contribution < 1.29 is 9.47 Å². The smallest absolute Gasteiger partial charge is 0.161 e. The van der Waals surface area contributed by atoms with Crippen LogP contribution in [0.4, 0.5) is 5.82 Å². The molecule has 2 aliphatic heterocycles. The third-order valence-corrected chi connectivity index (χ3v) is 5.81. The second kappa shape index (κ2) is 6.19. The van der Waals surface area contributed by atoms with Gasteiger partial charge >= 0.3 is 0 Å². The SMILES string of the molecule is c1nc(N2CCCC2c2ccc3c(c2)OCCCO3)c2sccc2n1. The Balaban J connectivity index is 1.53. The van der Waals surface area contributed by atoms with Crippen molar-refractivity contribution in [3.63, 3.8) is 0 Å². The standard InChI is InChI=1S/C19H19N3O2S/c1-3-15(13-4-5-16-17(11-13)24-9-2-8-23-16)22(7-1)19-18-14(6-10-25-18)20-12-21-19/h4-6,10-12,15H,1-3,7-9H2. The molecule has 128 valence electrons. The van der Waals surface area contributed by atoms with Gasteiger partial charge in [-0.15, -0.1) is 11.3 Å². The van der Waals surface area contributed by atoms with E-state index in [1.54, 1.807) is 17.7 Å². The van der Waals surface area contributed by atoms with Crippen molar-refractivity contribution in [1.82, 2.24) is 9.97 Å². The fraction of sp³-hybridized carbons (Fsp3) is 0.368. The molecule has 0 bridgehead atoms. The van der Waals surface area contributed by atoms with E-state index < -0.39 is 0 Å². The first kappa shape index (κ1) is 15.0. The second-order valence-corrected chi connectivity index (χ2v) is 7.36. The van der Waals surface area contributed by atoms with Gasteiger partial charge in [0.2, 0.25) is 0 Å². The Hall–Kier alpha value is -2.34. The summed E-state index contributed by atoms with van der Waals surface area (Å²) in [6.07, 6.45) is 4.89. The highest BCUT2D eigenvalue weighted by atomic mass is 32.1. The Labute approximate surface area is 150 Å². The minimum atomic E-state index is 0.317. The van der Waals surface area contributed by atoms with Gasteiger partial charge in [0, 0.05) is 13.0 Å². The summed E-state index contributed by atoms with van der Waals surface area (Å²) in [6.45, 7) is 2.45. The van der Waals surface area contributed by atoms with Gasteiger partial charge in [-0.05, 0) is 42.0 Å². The molecule has 1 unspecified atom stereocenters. The van der Waals surface area contributed by atoms with Crippen LogP contribution in [0.25, 0.3) is 10.2 Å². The summed E-state index contributed by atoms with van der Waals surface area (Å²) in [5, 5.41) is 2.08. The molecule has 5 rings (SSSR count). The Bertz CT molecular complexity index is 911. The number of nitrogens with zero attached hydrogens (tertiary/aromatic N) is 3. The summed E-state index contributed by atoms with van der Waals surface area (Å²) in [5.41, 5.74) is 2.30. The molecule has 1 aromatic carbocycles. The molecule has 3 aromatic rings. The third-order valence-electron chi connectivity index (χ3n) is 4.91. The number of anilines is 1. The highest BCUT2D eigenvalue weighted by Crippen LogP contribution is 2.41. The van der Waals surface area contributed by atoms with Crippen molar-refractivity contribution in [3.05, 3.63) is 41.5 Å². The Morgan fingerprint density at radius 1 is 1.04 bits per heavy atom. The molecular formula is C19H19N3O2S. The number of fused-ring (bicyclic) bond motifs is 2. The maximum Gasteiger partial charge on any atom is 0.161 e. The predicted octanol–water partition coefficient (Wildman–Crippen LogP) is 4.19. The molecule has 4 heterocycles. The minimum Gasteiger partial charge on any atom is -0.490 e. The van der Waals surface area contributed by atoms with Crippen molar-refractivity contribution in [2.75, 3.05) is 24.7 Å². The maximum atomic E-state index is 5.88. The van der Waals surface area contributed by atoms with Crippen LogP contribution in [0.5, 0.6) is 11.5 Å². The summed E-state index contributed by atoms with van der Waals surface area (Å²) in [6, 6.07) is 8.74. The Morgan fingerprint density at radius 2 is 1.96 bits per heavy atom. The van der Waals surface area contributed by atoms with Crippen LogP contribution in [0.1, 0.15) is 30.9 Å². The zero-order chi connectivity index (χ0) is 16.6. The summed E-state index contributed by atoms with van der Waals surface area (Å²) >= 11 is 1.71. The van der Waals surface area contributed by atoms with Gasteiger partial charge in [-0.2, -0.15) is 0 Å². The zero-order valence-electron chi connectivity index (χ0n) is 13.9. The van der Waals surface area contributed by atoms with Crippen LogP contribution >= 0.6 is 11.3 Å². The van der Waals surface area contributed by atoms with Crippen molar-refractivity contribution >= 4 is 27.4 Å². The fourth-order valence-electron chi connectivity index (χ4n) is 3.73. The molecule has 0 amide bonds. The van der Waals surface area contributed by atoms with Crippen molar-refractivity contribution in [1.29, 1.82) is 0 Å². The Kier molecular flexibility index (Phi) is 3.70. The lowest BCUT2D eigenvalue weighted by Gasteiger charge is -2.27. The predicted molar refractivity (Wildman–Crippen MR) is 98.8 cm³/mol. The fourth-order valence-corrected chi connectivity index (χ4v) is 4.58. The quantitative estimate of drug-likeness (QED) is 0.691. The summed E-state index contributed by atoms with van der Waals surface area (Å²) in [5.74, 6) is 2.77. The molecule has 2 aliphatic rings. The van der Waals surface area contributed by atoms with E-state index >= 15 is 0 Å². The molecule has 0 aliphatic carbocycles. The number of aromatic nitrogens is 2. The maximum absolute atomic E-state index is 5.88. The lowest BCUT2D eigenvalue weighted by Crippen LogP contribution is -2.23. The lowest BCUT2D eigenvalue weighted by atomic mass is 10.0. The molecule has 0 N–H and O–H groups in total. The molecule has 25 heavy (non-hydrogen) atoms. The molecule has 1 atom stereocenters. The number of benzene rings is 1. The molecule has 6 heteroatoms. The van der Waals surface area contributed by atoms with Gasteiger partial charge in [0.15, 0.2) is 17.3 Å². The van der Waals surface area contributed by atoms with Crippen LogP contribution in [0, 0.1) is 0 Å². The second-order valence-electron chi connectivity index (χ2n) is 6.44. The van der Waals surface area contributed by atoms with Gasteiger partial charge in [-0.25, -0.2) is 9.97 Å². The first-order valence-corrected chi connectivity index (χ1v) is 9.62. The normalized spacial score (nSPS) is 20.0. The van der Waals surface area contributed by atoms with Gasteiger partial charge in [-0.3, -0.25) is 0 Å². The number of thiophene rings is 1. The lowest BCUT2D eigenvalue weighted by molar-refractivity contribution is 0.297. The first-order valence-electron chi connectivity index (χ1n) is 8.74. The van der Waals surface area contributed by atoms with Crippen LogP contribution in [0.3, 0.4) is 0 Å². The highest BCUT2D eigenvalue weighted by molar-refractivity contribution is 7.17. The van der Waals surface area contributed by atoms with E-state index in [2.05, 4.69) is 38.4 Å². The van der Waals surface area contributed by atoms with E-state index in [0.717, 1.165) is 55.2 Å². The molecule has 0 spiro atoms. The van der Waals surface area contributed by atoms with Crippen LogP contribution in [0.15, 0.2) is 36.0 Å². The first-order chi connectivity index (χ1) is 12.4. The van der Waals surface area contributed by atoms with Crippen LogP contribution in [0.2, 0.25) is 0 Å². The molecule has 1 saturated heterocycles. The van der Waals surface area contributed by atoms with Gasteiger partial charge in [0.25, 0.3) is 0 Å². The molecular weight excluding hydrogens is 334 g/mol. The molecule has 0 saturated carbocycles. The van der Waals surface area contributed by atoms with Crippen LogP contribution in [-0.4, -0.2) is 29.7 Å². The van der Waals surface area contributed by atoms with Gasteiger partial charge < -0.3 is 14.4 Å². The molecule has 1 fully saturated rings. The summed E-state index contributed by atoms with van der Waals surface area (Å²) < 4.78 is 12.8. The molecule has 0 radical (unpaired) electrons. The van der Waals surface area contributed by atoms with E-state index in [1.165, 1.54) is 10.3 Å². The van der Waals surface area contributed by atoms with Crippen LogP contribution in [-0.2, 0) is 0 Å². The number of ether oxygens (including phenoxy) is 2. The van der Waals surface area contributed by atoms with Crippen molar-refractivity contribution in [2.24, 2.45) is 0 Å². The number of hydrogen-bond donors (Lipinski definition) is 0. The van der Waals surface area contributed by atoms with E-state index in [-0.39, 0.29) is 0 Å². The summed E-state index contributed by atoms with van der Waals surface area (Å²) in [4.78, 5) is 11.4. The monoisotopic (exact) mass is 353 g/mol. The average Bonchev–Trinajstić information content (AvgIpc) is 3.26. The molecule has 5 nitrogen and oxygen atoms in total. The highest BCUT2D eigenvalue weighted by Gasteiger charge is 2.29. The zero-order valence-corrected chi connectivity index (χ0v) is 14.7. The Morgan fingerprint density at radius 3 is 2.92 bits per heavy atom. The minimum absolute atomic E-state index is 0.317. The third kappa shape index (κ3) is 2.61. The summed E-state index contributed by atoms with van der Waals surface area (Å²) in [7, 11) is 0. The van der Waals surface area contributed by atoms with E-state index in [4.69, 9.17) is 9.47 Å². The molecule has 2 aromatic heterocycles. The van der Waals surface area contributed by atoms with Crippen molar-refractivity contribution in [2.45, 2.75) is 25.3 Å². The van der Waals surface area contributed by atoms with Crippen molar-refractivity contribution in [3.8, 4) is 11.5 Å². The van der Waals surface area contributed by atoms with Gasteiger partial charge in [0.1, 0.15) is 6.33 Å².